The molecule has 0 aliphatic carbocycles. The molecule has 2 heterocycles. The van der Waals surface area contributed by atoms with Crippen LogP contribution >= 0.6 is 0 Å². The number of fused-ring (bicyclic) bond motifs is 1. The number of aromatic nitrogens is 4. The Labute approximate surface area is 122 Å². The third-order valence-electron chi connectivity index (χ3n) is 3.46. The fourth-order valence-corrected chi connectivity index (χ4v) is 2.43. The number of nitrogens with zero attached hydrogens (tertiary/aromatic N) is 3. The summed E-state index contributed by atoms with van der Waals surface area (Å²) in [5.41, 5.74) is 2.74. The lowest BCUT2D eigenvalue weighted by Crippen LogP contribution is -2.13. The van der Waals surface area contributed by atoms with Crippen molar-refractivity contribution in [3.05, 3.63) is 41.6 Å². The quantitative estimate of drug-likeness (QED) is 0.770. The van der Waals surface area contributed by atoms with Crippen LogP contribution in [0.5, 0.6) is 0 Å². The van der Waals surface area contributed by atoms with Gasteiger partial charge in [0.15, 0.2) is 5.65 Å². The molecule has 2 aromatic heterocycles. The van der Waals surface area contributed by atoms with Gasteiger partial charge in [-0.2, -0.15) is 10.2 Å². The molecule has 0 aliphatic heterocycles. The molecular formula is C15H17N5O. The number of carbonyl (C=O) groups excluding carboxylic acids is 1. The van der Waals surface area contributed by atoms with Crippen LogP contribution in [-0.2, 0) is 18.3 Å². The molecule has 0 fully saturated rings. The minimum absolute atomic E-state index is 0.0346. The standard InChI is InChI=1S/C15H17N5O/c1-10-13-14(17-18-15(13)20(2)19-10)16-12(21)9-8-11-6-4-3-5-7-11/h3-7H,8-9H2,1-2H3,(H2,16,17,18,21). The highest BCUT2D eigenvalue weighted by atomic mass is 16.1. The fourth-order valence-electron chi connectivity index (χ4n) is 2.43. The van der Waals surface area contributed by atoms with Gasteiger partial charge in [0, 0.05) is 13.5 Å². The van der Waals surface area contributed by atoms with E-state index in [0.717, 1.165) is 28.7 Å². The summed E-state index contributed by atoms with van der Waals surface area (Å²) in [6.07, 6.45) is 1.15. The van der Waals surface area contributed by atoms with Gasteiger partial charge in [-0.15, -0.1) is 0 Å². The molecule has 3 rings (SSSR count). The van der Waals surface area contributed by atoms with E-state index >= 15 is 0 Å². The Morgan fingerprint density at radius 3 is 2.86 bits per heavy atom. The van der Waals surface area contributed by atoms with Gasteiger partial charge in [-0.1, -0.05) is 30.3 Å². The van der Waals surface area contributed by atoms with Gasteiger partial charge in [-0.25, -0.2) is 4.68 Å². The van der Waals surface area contributed by atoms with Crippen molar-refractivity contribution in [3.8, 4) is 0 Å². The maximum absolute atomic E-state index is 12.1. The zero-order valence-electron chi connectivity index (χ0n) is 12.1. The number of aromatic amines is 1. The number of hydrogen-bond acceptors (Lipinski definition) is 3. The van der Waals surface area contributed by atoms with Crippen LogP contribution < -0.4 is 5.32 Å². The molecule has 0 aliphatic rings. The topological polar surface area (TPSA) is 75.6 Å². The van der Waals surface area contributed by atoms with E-state index in [2.05, 4.69) is 20.6 Å². The van der Waals surface area contributed by atoms with Gasteiger partial charge in [0.25, 0.3) is 0 Å². The zero-order valence-corrected chi connectivity index (χ0v) is 12.1. The van der Waals surface area contributed by atoms with Crippen LogP contribution in [0.3, 0.4) is 0 Å². The first-order valence-electron chi connectivity index (χ1n) is 6.86. The monoisotopic (exact) mass is 283 g/mol. The summed E-state index contributed by atoms with van der Waals surface area (Å²) in [7, 11) is 1.83. The minimum atomic E-state index is -0.0346. The van der Waals surface area contributed by atoms with E-state index in [1.807, 2.05) is 44.3 Å². The van der Waals surface area contributed by atoms with Gasteiger partial charge < -0.3 is 5.32 Å². The van der Waals surface area contributed by atoms with E-state index in [4.69, 9.17) is 0 Å². The highest BCUT2D eigenvalue weighted by Crippen LogP contribution is 2.23. The Morgan fingerprint density at radius 2 is 2.10 bits per heavy atom. The Balaban J connectivity index is 1.69. The Hall–Kier alpha value is -2.63. The maximum atomic E-state index is 12.1. The summed E-state index contributed by atoms with van der Waals surface area (Å²) < 4.78 is 1.70. The number of carbonyl (C=O) groups is 1. The SMILES string of the molecule is Cc1nn(C)c2n[nH]c(NC(=O)CCc3ccccc3)c12. The summed E-state index contributed by atoms with van der Waals surface area (Å²) in [6, 6.07) is 9.96. The number of anilines is 1. The third-order valence-corrected chi connectivity index (χ3v) is 3.46. The van der Waals surface area contributed by atoms with Crippen molar-refractivity contribution < 1.29 is 4.79 Å². The zero-order chi connectivity index (χ0) is 14.8. The number of aryl methyl sites for hydroxylation is 3. The second-order valence-electron chi connectivity index (χ2n) is 5.04. The Kier molecular flexibility index (Phi) is 3.43. The number of rotatable bonds is 4. The molecule has 0 saturated carbocycles. The van der Waals surface area contributed by atoms with E-state index in [1.165, 1.54) is 0 Å². The summed E-state index contributed by atoms with van der Waals surface area (Å²) in [4.78, 5) is 12.1. The lowest BCUT2D eigenvalue weighted by Gasteiger charge is -2.03. The molecule has 1 aromatic carbocycles. The van der Waals surface area contributed by atoms with Gasteiger partial charge in [0.2, 0.25) is 5.91 Å². The average molecular weight is 283 g/mol. The number of H-pyrrole nitrogens is 1. The van der Waals surface area contributed by atoms with E-state index in [0.29, 0.717) is 12.2 Å². The van der Waals surface area contributed by atoms with Gasteiger partial charge >= 0.3 is 0 Å². The first-order chi connectivity index (χ1) is 10.1. The highest BCUT2D eigenvalue weighted by Gasteiger charge is 2.15. The smallest absolute Gasteiger partial charge is 0.225 e. The van der Waals surface area contributed by atoms with Crippen LogP contribution in [-0.4, -0.2) is 25.9 Å². The molecular weight excluding hydrogens is 266 g/mol. The molecule has 6 nitrogen and oxygen atoms in total. The molecule has 6 heteroatoms. The summed E-state index contributed by atoms with van der Waals surface area (Å²) in [5, 5.41) is 15.1. The molecule has 0 spiro atoms. The van der Waals surface area contributed by atoms with Crippen LogP contribution in [0, 0.1) is 6.92 Å². The average Bonchev–Trinajstić information content (AvgIpc) is 3.01. The number of hydrogen-bond donors (Lipinski definition) is 2. The maximum Gasteiger partial charge on any atom is 0.225 e. The molecule has 1 amide bonds. The Bertz CT molecular complexity index is 772. The third kappa shape index (κ3) is 2.65. The van der Waals surface area contributed by atoms with Crippen molar-refractivity contribution in [1.82, 2.24) is 20.0 Å². The van der Waals surface area contributed by atoms with E-state index in [1.54, 1.807) is 4.68 Å². The molecule has 0 atom stereocenters. The molecule has 0 bridgehead atoms. The molecule has 2 N–H and O–H groups in total. The van der Waals surface area contributed by atoms with Crippen LogP contribution in [0.1, 0.15) is 17.7 Å². The van der Waals surface area contributed by atoms with Crippen molar-refractivity contribution in [2.75, 3.05) is 5.32 Å². The van der Waals surface area contributed by atoms with Gasteiger partial charge in [-0.05, 0) is 18.9 Å². The number of benzene rings is 1. The van der Waals surface area contributed by atoms with Gasteiger partial charge in [-0.3, -0.25) is 9.89 Å². The summed E-state index contributed by atoms with van der Waals surface area (Å²) >= 11 is 0. The molecule has 108 valence electrons. The summed E-state index contributed by atoms with van der Waals surface area (Å²) in [5.74, 6) is 0.585. The van der Waals surface area contributed by atoms with Crippen molar-refractivity contribution in [2.24, 2.45) is 7.05 Å². The van der Waals surface area contributed by atoms with Crippen LogP contribution in [0.25, 0.3) is 11.0 Å². The molecule has 0 radical (unpaired) electrons. The van der Waals surface area contributed by atoms with Crippen LogP contribution in [0.15, 0.2) is 30.3 Å². The lowest BCUT2D eigenvalue weighted by atomic mass is 10.1. The summed E-state index contributed by atoms with van der Waals surface area (Å²) in [6.45, 7) is 1.90. The Morgan fingerprint density at radius 1 is 1.33 bits per heavy atom. The number of amides is 1. The highest BCUT2D eigenvalue weighted by molar-refractivity contribution is 5.99. The van der Waals surface area contributed by atoms with Crippen molar-refractivity contribution in [3.63, 3.8) is 0 Å². The normalized spacial score (nSPS) is 11.0. The molecule has 3 aromatic rings. The van der Waals surface area contributed by atoms with Crippen LogP contribution in [0.2, 0.25) is 0 Å². The van der Waals surface area contributed by atoms with Gasteiger partial charge in [0.1, 0.15) is 5.82 Å². The van der Waals surface area contributed by atoms with Crippen LogP contribution in [0.4, 0.5) is 5.82 Å². The first-order valence-corrected chi connectivity index (χ1v) is 6.86. The van der Waals surface area contributed by atoms with Gasteiger partial charge in [0.05, 0.1) is 11.1 Å². The minimum Gasteiger partial charge on any atom is -0.310 e. The van der Waals surface area contributed by atoms with Crippen molar-refractivity contribution in [1.29, 1.82) is 0 Å². The van der Waals surface area contributed by atoms with Crippen molar-refractivity contribution >= 4 is 22.8 Å². The second-order valence-corrected chi connectivity index (χ2v) is 5.04. The molecule has 0 saturated heterocycles. The largest absolute Gasteiger partial charge is 0.310 e. The van der Waals surface area contributed by atoms with E-state index < -0.39 is 0 Å². The molecule has 21 heavy (non-hydrogen) atoms. The molecule has 0 unspecified atom stereocenters. The van der Waals surface area contributed by atoms with E-state index in [9.17, 15) is 4.79 Å². The number of nitrogens with one attached hydrogen (secondary N) is 2. The van der Waals surface area contributed by atoms with Crippen molar-refractivity contribution in [2.45, 2.75) is 19.8 Å². The predicted molar refractivity (Wildman–Crippen MR) is 81.0 cm³/mol. The predicted octanol–water partition coefficient (Wildman–Crippen LogP) is 2.18. The lowest BCUT2D eigenvalue weighted by molar-refractivity contribution is -0.116. The fraction of sp³-hybridized carbons (Fsp3) is 0.267. The second kappa shape index (κ2) is 5.40. The van der Waals surface area contributed by atoms with E-state index in [-0.39, 0.29) is 5.91 Å². The first kappa shape index (κ1) is 13.4.